The summed E-state index contributed by atoms with van der Waals surface area (Å²) in [6.07, 6.45) is 0. The van der Waals surface area contributed by atoms with E-state index in [4.69, 9.17) is 0 Å². The Hall–Kier alpha value is -0.167. The van der Waals surface area contributed by atoms with Gasteiger partial charge in [-0.1, -0.05) is 0 Å². The van der Waals surface area contributed by atoms with Gasteiger partial charge in [0.15, 0.2) is 0 Å². The second-order valence-corrected chi connectivity index (χ2v) is 1.26. The van der Waals surface area contributed by atoms with Crippen molar-refractivity contribution in [3.63, 3.8) is 0 Å². The molecule has 3 heteroatoms. The fourth-order valence-corrected chi connectivity index (χ4v) is 0.321. The molecule has 0 bridgehead atoms. The van der Waals surface area contributed by atoms with Gasteiger partial charge in [0.1, 0.15) is 0 Å². The number of rotatable bonds is 0. The zero-order valence-electron chi connectivity index (χ0n) is 5.00. The monoisotopic (exact) mass is 220 g/mol. The third-order valence-electron chi connectivity index (χ3n) is 0.556. The summed E-state index contributed by atoms with van der Waals surface area (Å²) in [4.78, 5) is 0. The van der Waals surface area contributed by atoms with E-state index in [2.05, 4.69) is 0 Å². The molecule has 0 nitrogen and oxygen atoms in total. The predicted molar refractivity (Wildman–Crippen MR) is 30.7 cm³/mol. The van der Waals surface area contributed by atoms with Gasteiger partial charge in [0.05, 0.1) is 0 Å². The van der Waals surface area contributed by atoms with Crippen molar-refractivity contribution in [2.75, 3.05) is 0 Å². The van der Waals surface area contributed by atoms with Crippen LogP contribution in [0.4, 0.5) is 6.63 Å². The van der Waals surface area contributed by atoms with Crippen LogP contribution in [0.1, 0.15) is 0 Å². The van der Waals surface area contributed by atoms with Gasteiger partial charge < -0.3 is 7.43 Å². The minimum atomic E-state index is -2.29. The van der Waals surface area contributed by atoms with Gasteiger partial charge in [0.25, 0.3) is 0 Å². The van der Waals surface area contributed by atoms with Crippen LogP contribution in [-0.4, -0.2) is 0 Å². The van der Waals surface area contributed by atoms with Crippen LogP contribution in [0.2, 0.25) is 0 Å². The van der Waals surface area contributed by atoms with Crippen molar-refractivity contribution in [3.8, 4) is 0 Å². The van der Waals surface area contributed by atoms with E-state index in [9.17, 15) is 6.63 Å². The molecule has 1 aromatic rings. The standard InChI is InChI=1S/C5H5.CH3.2FH.Ru/c1-2-4-5-3-1;;;;/h1-5H;1H3;2*1H;/q2*-1;;;+4/p-2. The van der Waals surface area contributed by atoms with Gasteiger partial charge in [-0.3, -0.25) is 0 Å². The Morgan fingerprint density at radius 3 is 1.56 bits per heavy atom. The Balaban J connectivity index is 0. The molecular weight excluding hydrogens is 211 g/mol. The summed E-state index contributed by atoms with van der Waals surface area (Å²) in [5, 5.41) is 0. The molecule has 1 rings (SSSR count). The fourth-order valence-electron chi connectivity index (χ4n) is 0.321. The molecule has 0 atom stereocenters. The second kappa shape index (κ2) is 10.7. The molecule has 0 spiro atoms. The zero-order valence-corrected chi connectivity index (χ0v) is 6.73. The molecule has 0 saturated heterocycles. The summed E-state index contributed by atoms with van der Waals surface area (Å²) >= 11 is -2.29. The smallest absolute Gasteiger partial charge is 0.172 e. The van der Waals surface area contributed by atoms with Crippen molar-refractivity contribution in [2.45, 2.75) is 0 Å². The maximum atomic E-state index is 9.72. The summed E-state index contributed by atoms with van der Waals surface area (Å²) < 4.78 is 19.4. The van der Waals surface area contributed by atoms with E-state index in [0.29, 0.717) is 0 Å². The third kappa shape index (κ3) is 11.4. The van der Waals surface area contributed by atoms with Crippen molar-refractivity contribution in [1.29, 1.82) is 0 Å². The van der Waals surface area contributed by atoms with E-state index in [1.807, 2.05) is 30.3 Å². The van der Waals surface area contributed by atoms with Crippen molar-refractivity contribution < 1.29 is 24.8 Å². The fraction of sp³-hybridized carbons (Fsp3) is 0. The van der Waals surface area contributed by atoms with Gasteiger partial charge in [-0.15, -0.1) is 0 Å². The Kier molecular flexibility index (Phi) is 13.9. The molecule has 54 valence electrons. The molecule has 0 fully saturated rings. The van der Waals surface area contributed by atoms with E-state index in [1.165, 1.54) is 0 Å². The average Bonchev–Trinajstić information content (AvgIpc) is 2.17. The Bertz CT molecular complexity index is 78.0. The molecule has 0 heterocycles. The Labute approximate surface area is 63.0 Å². The van der Waals surface area contributed by atoms with Crippen molar-refractivity contribution >= 4 is 0 Å². The molecular formula is C6H8F2Ru. The molecule has 0 aliphatic carbocycles. The molecule has 9 heavy (non-hydrogen) atoms. The first kappa shape index (κ1) is 11.6. The van der Waals surface area contributed by atoms with Crippen LogP contribution in [-0.2, 0) is 18.1 Å². The maximum Gasteiger partial charge on any atom is -0.172 e. The van der Waals surface area contributed by atoms with Gasteiger partial charge in [0, 0.05) is 0 Å². The SMILES string of the molecule is [CH3-].[F][Ru+2][F].c1cc[cH-]c1. The van der Waals surface area contributed by atoms with Gasteiger partial charge in [0.2, 0.25) is 0 Å². The van der Waals surface area contributed by atoms with Crippen LogP contribution in [0.5, 0.6) is 0 Å². The van der Waals surface area contributed by atoms with E-state index in [1.54, 1.807) is 0 Å². The first-order valence-corrected chi connectivity index (χ1v) is 3.25. The maximum absolute atomic E-state index is 9.72. The van der Waals surface area contributed by atoms with Crippen LogP contribution in [0.3, 0.4) is 0 Å². The van der Waals surface area contributed by atoms with Gasteiger partial charge in [-0.25, -0.2) is 12.1 Å². The van der Waals surface area contributed by atoms with Crippen LogP contribution >= 0.6 is 0 Å². The number of hydrogen-bond donors (Lipinski definition) is 0. The minimum Gasteiger partial charge on any atom is -0.214 e. The van der Waals surface area contributed by atoms with E-state index in [-0.39, 0.29) is 7.43 Å². The molecule has 0 amide bonds. The van der Waals surface area contributed by atoms with E-state index in [0.717, 1.165) is 0 Å². The Morgan fingerprint density at radius 1 is 1.11 bits per heavy atom. The normalized spacial score (nSPS) is 6.44. The second-order valence-electron chi connectivity index (χ2n) is 1.01. The van der Waals surface area contributed by atoms with Gasteiger partial charge >= 0.3 is 24.8 Å². The average molecular weight is 219 g/mol. The molecule has 0 saturated carbocycles. The molecule has 0 radical (unpaired) electrons. The largest absolute Gasteiger partial charge is 0.214 e. The molecule has 0 aliphatic rings. The van der Waals surface area contributed by atoms with Crippen LogP contribution in [0.15, 0.2) is 30.3 Å². The third-order valence-corrected chi connectivity index (χ3v) is 0.556. The summed E-state index contributed by atoms with van der Waals surface area (Å²) in [6.45, 7) is 0. The zero-order chi connectivity index (χ0) is 6.24. The van der Waals surface area contributed by atoms with Crippen molar-refractivity contribution in [2.24, 2.45) is 0 Å². The van der Waals surface area contributed by atoms with Crippen molar-refractivity contribution in [1.82, 2.24) is 0 Å². The van der Waals surface area contributed by atoms with E-state index >= 15 is 0 Å². The summed E-state index contributed by atoms with van der Waals surface area (Å²) in [6, 6.07) is 10.0. The summed E-state index contributed by atoms with van der Waals surface area (Å²) in [5.74, 6) is 0. The van der Waals surface area contributed by atoms with Crippen molar-refractivity contribution in [3.05, 3.63) is 37.8 Å². The number of hydrogen-bond acceptors (Lipinski definition) is 0. The quantitative estimate of drug-likeness (QED) is 0.465. The first-order valence-electron chi connectivity index (χ1n) is 1.93. The Morgan fingerprint density at radius 2 is 1.44 bits per heavy atom. The number of halogens is 2. The minimum absolute atomic E-state index is 0. The van der Waals surface area contributed by atoms with E-state index < -0.39 is 18.1 Å². The van der Waals surface area contributed by atoms with Crippen LogP contribution in [0.25, 0.3) is 0 Å². The molecule has 1 aromatic carbocycles. The molecule has 0 aromatic heterocycles. The topological polar surface area (TPSA) is 0 Å². The summed E-state index contributed by atoms with van der Waals surface area (Å²) in [5.41, 5.74) is 0. The summed E-state index contributed by atoms with van der Waals surface area (Å²) in [7, 11) is 0. The molecule has 0 unspecified atom stereocenters. The van der Waals surface area contributed by atoms with Gasteiger partial charge in [-0.05, 0) is 0 Å². The predicted octanol–water partition coefficient (Wildman–Crippen LogP) is 2.69. The molecule has 0 aliphatic heterocycles. The molecule has 0 N–H and O–H groups in total. The van der Waals surface area contributed by atoms with Crippen LogP contribution < -0.4 is 0 Å². The first-order chi connectivity index (χ1) is 3.91. The van der Waals surface area contributed by atoms with Gasteiger partial charge in [-0.2, -0.15) is 18.2 Å². The van der Waals surface area contributed by atoms with Crippen LogP contribution in [0, 0.1) is 7.43 Å².